The zero-order valence-corrected chi connectivity index (χ0v) is 18.4. The highest BCUT2D eigenvalue weighted by Crippen LogP contribution is 2.38. The lowest BCUT2D eigenvalue weighted by Crippen LogP contribution is -2.60. The first-order chi connectivity index (χ1) is 16.7. The predicted molar refractivity (Wildman–Crippen MR) is 114 cm³/mol. The Morgan fingerprint density at radius 3 is 2.66 bits per heavy atom. The van der Waals surface area contributed by atoms with Crippen LogP contribution in [0.15, 0.2) is 42.7 Å². The van der Waals surface area contributed by atoms with Gasteiger partial charge in [-0.05, 0) is 18.6 Å². The van der Waals surface area contributed by atoms with Gasteiger partial charge >= 0.3 is 11.9 Å². The van der Waals surface area contributed by atoms with Crippen LogP contribution in [0.5, 0.6) is 11.5 Å². The minimum atomic E-state index is -1.71. The fraction of sp³-hybridized carbons (Fsp3) is 0.478. The number of phenolic OH excluding ortho intramolecular Hbond substituents is 2. The minimum Gasteiger partial charge on any atom is -0.504 e. The van der Waals surface area contributed by atoms with Crippen molar-refractivity contribution in [2.45, 2.75) is 43.4 Å². The average Bonchev–Trinajstić information content (AvgIpc) is 2.85. The van der Waals surface area contributed by atoms with Crippen LogP contribution in [0.3, 0.4) is 0 Å². The zero-order valence-electron chi connectivity index (χ0n) is 18.4. The Labute approximate surface area is 199 Å². The van der Waals surface area contributed by atoms with Crippen molar-refractivity contribution in [3.63, 3.8) is 0 Å². The Bertz CT molecular complexity index is 1010. The minimum absolute atomic E-state index is 0.216. The van der Waals surface area contributed by atoms with Crippen LogP contribution in [-0.4, -0.2) is 87.7 Å². The molecule has 0 unspecified atom stereocenters. The van der Waals surface area contributed by atoms with Gasteiger partial charge < -0.3 is 49.2 Å². The molecular formula is C23H26O12. The molecule has 0 bridgehead atoms. The average molecular weight is 494 g/mol. The number of fused-ring (bicyclic) bond motifs is 1. The molecule has 0 saturated carbocycles. The van der Waals surface area contributed by atoms with Crippen molar-refractivity contribution in [1.82, 2.24) is 0 Å². The lowest BCUT2D eigenvalue weighted by atomic mass is 9.81. The number of ether oxygens (including phenoxy) is 5. The third kappa shape index (κ3) is 4.83. The molecule has 2 fully saturated rings. The molecule has 35 heavy (non-hydrogen) atoms. The molecule has 1 aromatic carbocycles. The van der Waals surface area contributed by atoms with Crippen molar-refractivity contribution < 1.29 is 58.8 Å². The van der Waals surface area contributed by atoms with Gasteiger partial charge in [0, 0.05) is 11.8 Å². The van der Waals surface area contributed by atoms with E-state index in [1.807, 2.05) is 0 Å². The van der Waals surface area contributed by atoms with E-state index < -0.39 is 73.0 Å². The number of cyclic esters (lactones) is 1. The van der Waals surface area contributed by atoms with Gasteiger partial charge in [-0.3, -0.25) is 0 Å². The van der Waals surface area contributed by atoms with Gasteiger partial charge in [0.1, 0.15) is 36.6 Å². The zero-order chi connectivity index (χ0) is 25.3. The molecule has 8 atom stereocenters. The highest BCUT2D eigenvalue weighted by Gasteiger charge is 2.48. The molecule has 0 radical (unpaired) electrons. The number of carbonyl (C=O) groups excluding carboxylic acids is 2. The number of rotatable bonds is 6. The van der Waals surface area contributed by atoms with Gasteiger partial charge in [-0.2, -0.15) is 0 Å². The Morgan fingerprint density at radius 1 is 1.14 bits per heavy atom. The van der Waals surface area contributed by atoms with Gasteiger partial charge in [0.15, 0.2) is 17.8 Å². The number of aromatic hydroxyl groups is 2. The van der Waals surface area contributed by atoms with Crippen LogP contribution in [0, 0.1) is 11.8 Å². The van der Waals surface area contributed by atoms with E-state index in [2.05, 4.69) is 6.58 Å². The van der Waals surface area contributed by atoms with Crippen LogP contribution in [0.25, 0.3) is 0 Å². The van der Waals surface area contributed by atoms with E-state index >= 15 is 0 Å². The van der Waals surface area contributed by atoms with Gasteiger partial charge in [-0.1, -0.05) is 12.1 Å². The van der Waals surface area contributed by atoms with Crippen LogP contribution in [0.4, 0.5) is 0 Å². The molecular weight excluding hydrogens is 468 g/mol. The fourth-order valence-corrected chi connectivity index (χ4v) is 4.25. The van der Waals surface area contributed by atoms with E-state index in [-0.39, 0.29) is 18.1 Å². The predicted octanol–water partition coefficient (Wildman–Crippen LogP) is -0.316. The van der Waals surface area contributed by atoms with Crippen molar-refractivity contribution >= 4 is 11.9 Å². The number of esters is 2. The molecule has 2 saturated heterocycles. The Balaban J connectivity index is 1.44. The van der Waals surface area contributed by atoms with Crippen molar-refractivity contribution in [1.29, 1.82) is 0 Å². The maximum absolute atomic E-state index is 12.3. The van der Waals surface area contributed by atoms with Crippen LogP contribution in [0.1, 0.15) is 16.8 Å². The SMILES string of the molecule is C=C[C@H]1[C@H](O[C@@H]2O[C@H](COC(=O)c3cccc(O)c3O)[C@@H](O)[C@H](O)[C@H]2O)OC=C2C(=O)OCC[C@H]21. The molecule has 12 heteroatoms. The number of benzene rings is 1. The topological polar surface area (TPSA) is 181 Å². The molecule has 12 nitrogen and oxygen atoms in total. The molecule has 190 valence electrons. The summed E-state index contributed by atoms with van der Waals surface area (Å²) in [6, 6.07) is 3.73. The molecule has 3 aliphatic rings. The van der Waals surface area contributed by atoms with Crippen LogP contribution in [-0.2, 0) is 28.5 Å². The summed E-state index contributed by atoms with van der Waals surface area (Å²) in [5.74, 6) is -3.52. The van der Waals surface area contributed by atoms with Gasteiger partial charge in [0.2, 0.25) is 6.29 Å². The summed E-state index contributed by atoms with van der Waals surface area (Å²) in [7, 11) is 0. The molecule has 0 aromatic heterocycles. The summed E-state index contributed by atoms with van der Waals surface area (Å²) in [4.78, 5) is 24.3. The summed E-state index contributed by atoms with van der Waals surface area (Å²) >= 11 is 0. The van der Waals surface area contributed by atoms with Crippen molar-refractivity contribution in [3.8, 4) is 11.5 Å². The fourth-order valence-electron chi connectivity index (χ4n) is 4.25. The quantitative estimate of drug-likeness (QED) is 0.198. The normalized spacial score (nSPS) is 34.6. The molecule has 0 amide bonds. The van der Waals surface area contributed by atoms with Gasteiger partial charge in [-0.15, -0.1) is 6.58 Å². The highest BCUT2D eigenvalue weighted by molar-refractivity contribution is 5.93. The molecule has 3 heterocycles. The van der Waals surface area contributed by atoms with Crippen LogP contribution >= 0.6 is 0 Å². The Morgan fingerprint density at radius 2 is 1.91 bits per heavy atom. The maximum atomic E-state index is 12.3. The monoisotopic (exact) mass is 494 g/mol. The molecule has 1 aromatic rings. The lowest BCUT2D eigenvalue weighted by Gasteiger charge is -2.43. The number of hydrogen-bond acceptors (Lipinski definition) is 12. The van der Waals surface area contributed by atoms with E-state index in [1.165, 1.54) is 24.5 Å². The van der Waals surface area contributed by atoms with E-state index in [9.17, 15) is 35.1 Å². The van der Waals surface area contributed by atoms with Gasteiger partial charge in [0.05, 0.1) is 18.4 Å². The van der Waals surface area contributed by atoms with E-state index in [0.717, 1.165) is 0 Å². The van der Waals surface area contributed by atoms with Crippen molar-refractivity contribution in [2.24, 2.45) is 11.8 Å². The van der Waals surface area contributed by atoms with Gasteiger partial charge in [0.25, 0.3) is 0 Å². The number of hydrogen-bond donors (Lipinski definition) is 5. The summed E-state index contributed by atoms with van der Waals surface area (Å²) in [5, 5.41) is 50.4. The number of para-hydroxylation sites is 1. The number of carbonyl (C=O) groups is 2. The second-order valence-electron chi connectivity index (χ2n) is 8.34. The summed E-state index contributed by atoms with van der Waals surface area (Å²) in [6.07, 6.45) is -5.61. The first-order valence-electron chi connectivity index (χ1n) is 10.9. The Hall–Kier alpha value is -3.16. The number of aliphatic hydroxyl groups excluding tert-OH is 3. The standard InChI is InChI=1S/C23H26O12/c1-2-10-11-6-7-31-21(30)13(11)8-33-22(10)35-23-19(28)18(27)17(26)15(34-23)9-32-20(29)12-4-3-5-14(24)16(12)25/h2-5,8,10-11,15,17-19,22-28H,1,6-7,9H2/t10-,11+,15-,17-,18+,19-,22+,23+/m1/s1. The number of aliphatic hydroxyl groups is 3. The molecule has 0 spiro atoms. The number of phenols is 2. The summed E-state index contributed by atoms with van der Waals surface area (Å²) in [6.45, 7) is 3.41. The smallest absolute Gasteiger partial charge is 0.342 e. The van der Waals surface area contributed by atoms with E-state index in [0.29, 0.717) is 12.0 Å². The van der Waals surface area contributed by atoms with Crippen molar-refractivity contribution in [2.75, 3.05) is 13.2 Å². The third-order valence-electron chi connectivity index (χ3n) is 6.23. The lowest BCUT2D eigenvalue weighted by molar-refractivity contribution is -0.339. The molecule has 0 aliphatic carbocycles. The summed E-state index contributed by atoms with van der Waals surface area (Å²) in [5.41, 5.74) is 0.0169. The summed E-state index contributed by atoms with van der Waals surface area (Å²) < 4.78 is 26.9. The van der Waals surface area contributed by atoms with E-state index in [1.54, 1.807) is 6.08 Å². The van der Waals surface area contributed by atoms with Crippen LogP contribution < -0.4 is 0 Å². The molecule has 5 N–H and O–H groups in total. The second kappa shape index (κ2) is 10.2. The molecule has 3 aliphatic heterocycles. The molecule has 4 rings (SSSR count). The highest BCUT2D eigenvalue weighted by atomic mass is 16.8. The first-order valence-corrected chi connectivity index (χ1v) is 10.9. The Kier molecular flexibility index (Phi) is 7.28. The third-order valence-corrected chi connectivity index (χ3v) is 6.23. The van der Waals surface area contributed by atoms with Crippen LogP contribution in [0.2, 0.25) is 0 Å². The first kappa shape index (κ1) is 24.9. The maximum Gasteiger partial charge on any atom is 0.342 e. The van der Waals surface area contributed by atoms with Gasteiger partial charge in [-0.25, -0.2) is 9.59 Å². The largest absolute Gasteiger partial charge is 0.504 e. The van der Waals surface area contributed by atoms with Crippen molar-refractivity contribution in [3.05, 3.63) is 48.3 Å². The van der Waals surface area contributed by atoms with E-state index in [4.69, 9.17) is 23.7 Å². The second-order valence-corrected chi connectivity index (χ2v) is 8.34.